The van der Waals surface area contributed by atoms with Gasteiger partial charge >= 0.3 is 0 Å². The lowest BCUT2D eigenvalue weighted by Crippen LogP contribution is -2.39. The lowest BCUT2D eigenvalue weighted by atomic mass is 10.00. The van der Waals surface area contributed by atoms with Crippen molar-refractivity contribution < 1.29 is 13.2 Å². The smallest absolute Gasteiger partial charge is 0.281 e. The molecule has 0 aliphatic carbocycles. The summed E-state index contributed by atoms with van der Waals surface area (Å²) in [5, 5.41) is 10.1. The Morgan fingerprint density at radius 3 is 2.69 bits per heavy atom. The first-order valence-electron chi connectivity index (χ1n) is 12.6. The Bertz CT molecular complexity index is 1810. The third-order valence-corrected chi connectivity index (χ3v) is 9.10. The first-order valence-corrected chi connectivity index (χ1v) is 14.0. The van der Waals surface area contributed by atoms with Crippen LogP contribution in [0.1, 0.15) is 22.5 Å². The molecule has 1 fully saturated rings. The van der Waals surface area contributed by atoms with Crippen molar-refractivity contribution in [3.8, 4) is 11.1 Å². The molecule has 1 aliphatic heterocycles. The third kappa shape index (κ3) is 4.46. The number of nitrogens with zero attached hydrogens (tertiary/aromatic N) is 7. The van der Waals surface area contributed by atoms with Crippen LogP contribution in [0.15, 0.2) is 67.1 Å². The summed E-state index contributed by atoms with van der Waals surface area (Å²) in [5.74, 6) is -0.422. The molecule has 12 heteroatoms. The van der Waals surface area contributed by atoms with Gasteiger partial charge in [0.05, 0.1) is 12.1 Å². The molecule has 4 heterocycles. The lowest BCUT2D eigenvalue weighted by molar-refractivity contribution is 0.0920. The van der Waals surface area contributed by atoms with Gasteiger partial charge < -0.3 is 5.73 Å². The number of rotatable bonds is 7. The molecule has 3 aromatic heterocycles. The normalized spacial score (nSPS) is 16.5. The summed E-state index contributed by atoms with van der Waals surface area (Å²) in [4.78, 5) is 17.8. The zero-order chi connectivity index (χ0) is 27.3. The highest BCUT2D eigenvalue weighted by Crippen LogP contribution is 2.34. The number of fused-ring (bicyclic) bond motifs is 2. The van der Waals surface area contributed by atoms with Crippen molar-refractivity contribution in [3.05, 3.63) is 78.4 Å². The second-order valence-electron chi connectivity index (χ2n) is 9.93. The van der Waals surface area contributed by atoms with Crippen molar-refractivity contribution >= 4 is 38.2 Å². The van der Waals surface area contributed by atoms with Crippen molar-refractivity contribution in [2.24, 2.45) is 5.92 Å². The summed E-state index contributed by atoms with van der Waals surface area (Å²) in [6.07, 6.45) is 3.75. The first kappa shape index (κ1) is 25.2. The van der Waals surface area contributed by atoms with E-state index in [2.05, 4.69) is 22.2 Å². The minimum atomic E-state index is -3.60. The molecule has 0 saturated carbocycles. The lowest BCUT2D eigenvalue weighted by Gasteiger charge is -2.20. The number of benzene rings is 2. The molecule has 11 nitrogen and oxygen atoms in total. The van der Waals surface area contributed by atoms with Gasteiger partial charge in [0.15, 0.2) is 11.6 Å². The van der Waals surface area contributed by atoms with E-state index >= 15 is 0 Å². The quantitative estimate of drug-likeness (QED) is 0.312. The Labute approximate surface area is 225 Å². The monoisotopic (exact) mass is 544 g/mol. The molecule has 6 rings (SSSR count). The van der Waals surface area contributed by atoms with Gasteiger partial charge in [-0.3, -0.25) is 9.48 Å². The summed E-state index contributed by atoms with van der Waals surface area (Å²) in [6.45, 7) is 1.06. The second-order valence-corrected chi connectivity index (χ2v) is 12.1. The van der Waals surface area contributed by atoms with Gasteiger partial charge in [0.1, 0.15) is 17.5 Å². The fraction of sp³-hybridized carbons (Fsp3) is 0.259. The van der Waals surface area contributed by atoms with E-state index in [0.29, 0.717) is 29.7 Å². The Balaban J connectivity index is 1.36. The zero-order valence-corrected chi connectivity index (χ0v) is 22.4. The molecule has 5 aromatic rings. The van der Waals surface area contributed by atoms with E-state index in [1.807, 2.05) is 47.3 Å². The molecule has 39 heavy (non-hydrogen) atoms. The predicted molar refractivity (Wildman–Crippen MR) is 148 cm³/mol. The van der Waals surface area contributed by atoms with Gasteiger partial charge in [0.25, 0.3) is 10.2 Å². The van der Waals surface area contributed by atoms with Crippen molar-refractivity contribution in [2.45, 2.75) is 13.0 Å². The fourth-order valence-electron chi connectivity index (χ4n) is 5.14. The predicted octanol–water partition coefficient (Wildman–Crippen LogP) is 2.69. The van der Waals surface area contributed by atoms with Gasteiger partial charge in [-0.25, -0.2) is 9.50 Å². The van der Waals surface area contributed by atoms with Crippen molar-refractivity contribution in [1.29, 1.82) is 0 Å². The zero-order valence-electron chi connectivity index (χ0n) is 21.6. The van der Waals surface area contributed by atoms with E-state index in [-0.39, 0.29) is 24.7 Å². The van der Waals surface area contributed by atoms with Crippen LogP contribution >= 0.6 is 0 Å². The number of nitrogen functional groups attached to an aromatic ring is 1. The van der Waals surface area contributed by atoms with Crippen molar-refractivity contribution in [2.75, 3.05) is 32.9 Å². The summed E-state index contributed by atoms with van der Waals surface area (Å²) >= 11 is 0. The van der Waals surface area contributed by atoms with E-state index in [1.165, 1.54) is 29.2 Å². The van der Waals surface area contributed by atoms with E-state index in [4.69, 9.17) is 10.8 Å². The average molecular weight is 545 g/mol. The van der Waals surface area contributed by atoms with Crippen LogP contribution in [0.25, 0.3) is 27.5 Å². The second kappa shape index (κ2) is 9.56. The fourth-order valence-corrected chi connectivity index (χ4v) is 6.31. The summed E-state index contributed by atoms with van der Waals surface area (Å²) < 4.78 is 31.1. The molecular weight excluding hydrogens is 516 g/mol. The number of Topliss-reactive ketones (excluding diaryl/α,β-unsaturated/α-hetero) is 1. The van der Waals surface area contributed by atoms with E-state index < -0.39 is 16.1 Å². The van der Waals surface area contributed by atoms with Crippen LogP contribution in [0, 0.1) is 5.92 Å². The molecule has 0 spiro atoms. The Morgan fingerprint density at radius 2 is 1.92 bits per heavy atom. The van der Waals surface area contributed by atoms with Crippen molar-refractivity contribution in [1.82, 2.24) is 33.0 Å². The van der Waals surface area contributed by atoms with Crippen LogP contribution < -0.4 is 5.73 Å². The SMILES string of the molecule is CN(C)S(=O)(=O)N1CCC(C(=O)c2cc(-c3ccc4cn(Cc5ccccc5)nc4c3)c3c(N)ncnn23)C1. The van der Waals surface area contributed by atoms with Gasteiger partial charge in [-0.1, -0.05) is 42.5 Å². The van der Waals surface area contributed by atoms with Crippen LogP contribution in [0.5, 0.6) is 0 Å². The average Bonchev–Trinajstić information content (AvgIpc) is 3.66. The van der Waals surface area contributed by atoms with Crippen LogP contribution in [0.4, 0.5) is 5.82 Å². The maximum absolute atomic E-state index is 13.7. The first-order chi connectivity index (χ1) is 18.7. The Kier molecular flexibility index (Phi) is 6.17. The molecular formula is C27H28N8O3S. The van der Waals surface area contributed by atoms with Crippen LogP contribution in [-0.4, -0.2) is 74.4 Å². The molecule has 2 aromatic carbocycles. The van der Waals surface area contributed by atoms with Gasteiger partial charge in [-0.05, 0) is 29.7 Å². The number of carbonyl (C=O) groups is 1. The minimum absolute atomic E-state index is 0.118. The van der Waals surface area contributed by atoms with Gasteiger partial charge in [-0.15, -0.1) is 0 Å². The molecule has 1 aliphatic rings. The Hall–Kier alpha value is -4.13. The number of hydrogen-bond donors (Lipinski definition) is 1. The maximum atomic E-state index is 13.7. The number of ketones is 1. The largest absolute Gasteiger partial charge is 0.382 e. The topological polar surface area (TPSA) is 132 Å². The number of carbonyl (C=O) groups excluding carboxylic acids is 1. The highest BCUT2D eigenvalue weighted by molar-refractivity contribution is 7.86. The molecule has 1 atom stereocenters. The van der Waals surface area contributed by atoms with Crippen LogP contribution in [0.2, 0.25) is 0 Å². The third-order valence-electron chi connectivity index (χ3n) is 7.20. The number of hydrogen-bond acceptors (Lipinski definition) is 7. The van der Waals surface area contributed by atoms with E-state index in [0.717, 1.165) is 26.3 Å². The van der Waals surface area contributed by atoms with Gasteiger partial charge in [0, 0.05) is 50.2 Å². The summed E-state index contributed by atoms with van der Waals surface area (Å²) in [7, 11) is -0.629. The highest BCUT2D eigenvalue weighted by atomic mass is 32.2. The number of nitrogens with two attached hydrogens (primary N) is 1. The minimum Gasteiger partial charge on any atom is -0.382 e. The Morgan fingerprint density at radius 1 is 1.13 bits per heavy atom. The number of aromatic nitrogens is 5. The molecule has 2 N–H and O–H groups in total. The van der Waals surface area contributed by atoms with Gasteiger partial charge in [-0.2, -0.15) is 27.2 Å². The van der Waals surface area contributed by atoms with Crippen molar-refractivity contribution in [3.63, 3.8) is 0 Å². The van der Waals surface area contributed by atoms with E-state index in [9.17, 15) is 13.2 Å². The molecule has 1 saturated heterocycles. The molecule has 1 unspecified atom stereocenters. The van der Waals surface area contributed by atoms with Crippen LogP contribution in [-0.2, 0) is 16.8 Å². The van der Waals surface area contributed by atoms with E-state index in [1.54, 1.807) is 6.07 Å². The maximum Gasteiger partial charge on any atom is 0.281 e. The summed E-state index contributed by atoms with van der Waals surface area (Å²) in [6, 6.07) is 17.8. The molecule has 0 radical (unpaired) electrons. The summed E-state index contributed by atoms with van der Waals surface area (Å²) in [5.41, 5.74) is 10.7. The standard InChI is InChI=1S/C27H28N8O3S/c1-32(2)39(37,38)34-11-10-21(16-34)26(36)24-13-22(25-27(28)29-17-30-35(24)25)19-8-9-20-15-33(31-23(20)12-19)14-18-6-4-3-5-7-18/h3-9,12-13,15,17,21H,10-11,14,16H2,1-2H3,(H2,28,29,30). The molecule has 200 valence electrons. The van der Waals surface area contributed by atoms with Gasteiger partial charge in [0.2, 0.25) is 0 Å². The highest BCUT2D eigenvalue weighted by Gasteiger charge is 2.37. The van der Waals surface area contributed by atoms with Crippen LogP contribution in [0.3, 0.4) is 0 Å². The number of anilines is 1. The molecule has 0 bridgehead atoms. The molecule has 0 amide bonds.